The molecular formula is C14H15N3O3. The third-order valence-corrected chi connectivity index (χ3v) is 2.73. The van der Waals surface area contributed by atoms with Crippen molar-refractivity contribution in [1.29, 1.82) is 0 Å². The van der Waals surface area contributed by atoms with Gasteiger partial charge >= 0.3 is 5.97 Å². The predicted molar refractivity (Wildman–Crippen MR) is 71.7 cm³/mol. The molecule has 20 heavy (non-hydrogen) atoms. The fourth-order valence-electron chi connectivity index (χ4n) is 1.87. The van der Waals surface area contributed by atoms with Crippen molar-refractivity contribution in [3.63, 3.8) is 0 Å². The normalized spacial score (nSPS) is 10.2. The van der Waals surface area contributed by atoms with Gasteiger partial charge in [-0.05, 0) is 25.5 Å². The molecule has 0 radical (unpaired) electrons. The lowest BCUT2D eigenvalue weighted by atomic mass is 10.1. The molecule has 0 atom stereocenters. The second kappa shape index (κ2) is 6.60. The minimum Gasteiger partial charge on any atom is -0.462 e. The molecule has 2 rings (SSSR count). The Morgan fingerprint density at radius 3 is 2.95 bits per heavy atom. The van der Waals surface area contributed by atoms with Gasteiger partial charge < -0.3 is 9.53 Å². The summed E-state index contributed by atoms with van der Waals surface area (Å²) >= 11 is 0. The molecule has 0 aliphatic carbocycles. The summed E-state index contributed by atoms with van der Waals surface area (Å²) in [6, 6.07) is 5.41. The molecule has 0 saturated heterocycles. The number of aldehydes is 1. The average molecular weight is 273 g/mol. The van der Waals surface area contributed by atoms with Crippen molar-refractivity contribution in [2.45, 2.75) is 19.8 Å². The Labute approximate surface area is 116 Å². The van der Waals surface area contributed by atoms with E-state index in [9.17, 15) is 9.59 Å². The Hall–Kier alpha value is -2.50. The molecule has 0 unspecified atom stereocenters. The summed E-state index contributed by atoms with van der Waals surface area (Å²) in [5, 5.41) is 4.18. The Kier molecular flexibility index (Phi) is 4.60. The fraction of sp³-hybridized carbons (Fsp3) is 0.286. The first-order chi connectivity index (χ1) is 9.77. The van der Waals surface area contributed by atoms with Crippen molar-refractivity contribution in [2.75, 3.05) is 6.61 Å². The van der Waals surface area contributed by atoms with Crippen molar-refractivity contribution in [3.05, 3.63) is 41.9 Å². The highest BCUT2D eigenvalue weighted by atomic mass is 16.5. The predicted octanol–water partition coefficient (Wildman–Crippen LogP) is 1.58. The summed E-state index contributed by atoms with van der Waals surface area (Å²) < 4.78 is 6.56. The molecule has 2 aromatic heterocycles. The summed E-state index contributed by atoms with van der Waals surface area (Å²) in [7, 11) is 0. The zero-order chi connectivity index (χ0) is 14.4. The number of hydrogen-bond donors (Lipinski definition) is 0. The first kappa shape index (κ1) is 13.9. The van der Waals surface area contributed by atoms with Gasteiger partial charge in [0.25, 0.3) is 0 Å². The molecule has 6 heteroatoms. The van der Waals surface area contributed by atoms with Gasteiger partial charge in [0.2, 0.25) is 0 Å². The second-order valence-corrected chi connectivity index (χ2v) is 4.03. The number of pyridine rings is 1. The molecule has 0 saturated carbocycles. The molecule has 0 aromatic carbocycles. The smallest absolute Gasteiger partial charge is 0.341 e. The van der Waals surface area contributed by atoms with Crippen molar-refractivity contribution in [3.8, 4) is 5.82 Å². The van der Waals surface area contributed by atoms with E-state index in [1.165, 1.54) is 6.20 Å². The third-order valence-electron chi connectivity index (χ3n) is 2.73. The number of ether oxygens (including phenoxy) is 1. The lowest BCUT2D eigenvalue weighted by Crippen LogP contribution is -2.10. The molecule has 0 spiro atoms. The highest BCUT2D eigenvalue weighted by molar-refractivity contribution is 5.90. The largest absolute Gasteiger partial charge is 0.462 e. The molecule has 0 aliphatic heterocycles. The Morgan fingerprint density at radius 2 is 2.30 bits per heavy atom. The number of carbonyl (C=O) groups excluding carboxylic acids is 2. The van der Waals surface area contributed by atoms with Crippen LogP contribution in [0.3, 0.4) is 0 Å². The minimum absolute atomic E-state index is 0.292. The molecule has 2 aromatic rings. The summed E-state index contributed by atoms with van der Waals surface area (Å²) in [6.07, 6.45) is 4.63. The number of aromatic nitrogens is 3. The summed E-state index contributed by atoms with van der Waals surface area (Å²) in [6.45, 7) is 2.03. The van der Waals surface area contributed by atoms with Crippen LogP contribution in [0.5, 0.6) is 0 Å². The third kappa shape index (κ3) is 2.90. The Balaban J connectivity index is 2.42. The molecule has 6 nitrogen and oxygen atoms in total. The van der Waals surface area contributed by atoms with Crippen molar-refractivity contribution in [1.82, 2.24) is 14.8 Å². The van der Waals surface area contributed by atoms with Crippen LogP contribution in [0.4, 0.5) is 0 Å². The number of esters is 1. The first-order valence-corrected chi connectivity index (χ1v) is 6.37. The van der Waals surface area contributed by atoms with E-state index in [2.05, 4.69) is 10.1 Å². The lowest BCUT2D eigenvalue weighted by molar-refractivity contribution is -0.107. The number of carbonyl (C=O) groups is 2. The van der Waals surface area contributed by atoms with Gasteiger partial charge in [0.15, 0.2) is 5.82 Å². The van der Waals surface area contributed by atoms with E-state index in [-0.39, 0.29) is 0 Å². The highest BCUT2D eigenvalue weighted by Crippen LogP contribution is 2.16. The van der Waals surface area contributed by atoms with Crippen molar-refractivity contribution in [2.24, 2.45) is 0 Å². The van der Waals surface area contributed by atoms with E-state index < -0.39 is 5.97 Å². The van der Waals surface area contributed by atoms with Crippen molar-refractivity contribution >= 4 is 12.3 Å². The molecule has 0 N–H and O–H groups in total. The van der Waals surface area contributed by atoms with Crippen LogP contribution in [-0.4, -0.2) is 33.6 Å². The molecule has 0 aliphatic rings. The number of rotatable bonds is 6. The Morgan fingerprint density at radius 1 is 1.45 bits per heavy atom. The average Bonchev–Trinajstić information content (AvgIpc) is 2.90. The van der Waals surface area contributed by atoms with Crippen LogP contribution in [0.15, 0.2) is 30.6 Å². The minimum atomic E-state index is -0.435. The lowest BCUT2D eigenvalue weighted by Gasteiger charge is -2.07. The summed E-state index contributed by atoms with van der Waals surface area (Å²) in [5.74, 6) is 0.166. The second-order valence-electron chi connectivity index (χ2n) is 4.03. The van der Waals surface area contributed by atoms with Gasteiger partial charge in [-0.2, -0.15) is 5.10 Å². The van der Waals surface area contributed by atoms with Gasteiger partial charge in [0, 0.05) is 12.6 Å². The van der Waals surface area contributed by atoms with Crippen molar-refractivity contribution < 1.29 is 14.3 Å². The first-order valence-electron chi connectivity index (χ1n) is 6.37. The van der Waals surface area contributed by atoms with Gasteiger partial charge in [-0.1, -0.05) is 6.07 Å². The number of nitrogens with zero attached hydrogens (tertiary/aromatic N) is 3. The van der Waals surface area contributed by atoms with Gasteiger partial charge in [-0.15, -0.1) is 0 Å². The number of hydrogen-bond acceptors (Lipinski definition) is 5. The van der Waals surface area contributed by atoms with Gasteiger partial charge in [-0.25, -0.2) is 14.5 Å². The van der Waals surface area contributed by atoms with Crippen LogP contribution < -0.4 is 0 Å². The van der Waals surface area contributed by atoms with Crippen LogP contribution in [0.1, 0.15) is 29.4 Å². The van der Waals surface area contributed by atoms with E-state index in [0.29, 0.717) is 36.5 Å². The van der Waals surface area contributed by atoms with E-state index in [0.717, 1.165) is 6.29 Å². The topological polar surface area (TPSA) is 74.1 Å². The van der Waals surface area contributed by atoms with Crippen LogP contribution in [0.25, 0.3) is 5.82 Å². The van der Waals surface area contributed by atoms with Gasteiger partial charge in [0.05, 0.1) is 18.5 Å². The zero-order valence-corrected chi connectivity index (χ0v) is 11.2. The zero-order valence-electron chi connectivity index (χ0n) is 11.2. The highest BCUT2D eigenvalue weighted by Gasteiger charge is 2.19. The molecule has 2 heterocycles. The van der Waals surface area contributed by atoms with E-state index in [1.807, 2.05) is 6.07 Å². The fourth-order valence-corrected chi connectivity index (χ4v) is 1.87. The Bertz CT molecular complexity index is 593. The van der Waals surface area contributed by atoms with E-state index in [4.69, 9.17) is 4.74 Å². The maximum Gasteiger partial charge on any atom is 0.341 e. The monoisotopic (exact) mass is 273 g/mol. The maximum absolute atomic E-state index is 11.9. The van der Waals surface area contributed by atoms with Crippen LogP contribution >= 0.6 is 0 Å². The van der Waals surface area contributed by atoms with Crippen LogP contribution in [0, 0.1) is 0 Å². The molecular weight excluding hydrogens is 258 g/mol. The summed E-state index contributed by atoms with van der Waals surface area (Å²) in [5.41, 5.74) is 1.01. The maximum atomic E-state index is 11.9. The molecule has 0 fully saturated rings. The SMILES string of the molecule is CCOC(=O)c1cnn(-c2ccccn2)c1CCC=O. The molecule has 0 amide bonds. The van der Waals surface area contributed by atoms with E-state index >= 15 is 0 Å². The van der Waals surface area contributed by atoms with Crippen LogP contribution in [-0.2, 0) is 16.0 Å². The van der Waals surface area contributed by atoms with Crippen LogP contribution in [0.2, 0.25) is 0 Å². The standard InChI is InChI=1S/C14H15N3O3/c1-2-20-14(19)11-10-16-17(12(11)6-5-9-18)13-7-3-4-8-15-13/h3-4,7-10H,2,5-6H2,1H3. The quantitative estimate of drug-likeness (QED) is 0.590. The molecule has 0 bridgehead atoms. The summed E-state index contributed by atoms with van der Waals surface area (Å²) in [4.78, 5) is 26.7. The molecule has 104 valence electrons. The van der Waals surface area contributed by atoms with Gasteiger partial charge in [-0.3, -0.25) is 0 Å². The van der Waals surface area contributed by atoms with E-state index in [1.54, 1.807) is 29.9 Å². The van der Waals surface area contributed by atoms with Gasteiger partial charge in [0.1, 0.15) is 11.8 Å².